The molecule has 0 saturated heterocycles. The van der Waals surface area contributed by atoms with Crippen molar-refractivity contribution in [3.63, 3.8) is 0 Å². The summed E-state index contributed by atoms with van der Waals surface area (Å²) in [7, 11) is 0. The van der Waals surface area contributed by atoms with Crippen LogP contribution in [0, 0.1) is 0 Å². The number of hydrogen-bond acceptors (Lipinski definition) is 6. The smallest absolute Gasteiger partial charge is 0.330 e. The van der Waals surface area contributed by atoms with E-state index in [9.17, 15) is 14.4 Å². The zero-order valence-corrected chi connectivity index (χ0v) is 19.2. The maximum atomic E-state index is 13.7. The molecule has 1 saturated carbocycles. The molecular formula is C24H33N5O4. The Balaban J connectivity index is 1.65. The molecule has 0 atom stereocenters. The number of hydrogen-bond donors (Lipinski definition) is 2. The number of carbonyl (C=O) groups excluding carboxylic acids is 1. The second-order valence-corrected chi connectivity index (χ2v) is 8.87. The number of nitrogen functional groups attached to an aromatic ring is 1. The normalized spacial score (nSPS) is 16.8. The molecular weight excluding hydrogens is 422 g/mol. The number of rotatable bonds is 7. The molecule has 1 amide bonds. The Bertz CT molecular complexity index is 1100. The van der Waals surface area contributed by atoms with E-state index in [1.807, 2.05) is 36.1 Å². The lowest BCUT2D eigenvalue weighted by Gasteiger charge is -2.32. The van der Waals surface area contributed by atoms with E-state index in [0.717, 1.165) is 49.8 Å². The number of nitrogens with one attached hydrogen (secondary N) is 1. The minimum Gasteiger partial charge on any atom is -0.492 e. The summed E-state index contributed by atoms with van der Waals surface area (Å²) in [6.07, 6.45) is 5.24. The van der Waals surface area contributed by atoms with Crippen LogP contribution < -0.4 is 26.6 Å². The Morgan fingerprint density at radius 3 is 2.76 bits per heavy atom. The molecule has 178 valence electrons. The van der Waals surface area contributed by atoms with Crippen molar-refractivity contribution in [3.05, 3.63) is 50.7 Å². The molecule has 1 aliphatic heterocycles. The molecule has 0 unspecified atom stereocenters. The second-order valence-electron chi connectivity index (χ2n) is 8.87. The average Bonchev–Trinajstić information content (AvgIpc) is 3.23. The van der Waals surface area contributed by atoms with Gasteiger partial charge in [0.05, 0.1) is 6.54 Å². The van der Waals surface area contributed by atoms with Gasteiger partial charge in [0, 0.05) is 31.2 Å². The molecule has 9 nitrogen and oxygen atoms in total. The third-order valence-corrected chi connectivity index (χ3v) is 6.54. The summed E-state index contributed by atoms with van der Waals surface area (Å²) in [5.41, 5.74) is 6.37. The summed E-state index contributed by atoms with van der Waals surface area (Å²) < 4.78 is 7.21. The first-order valence-corrected chi connectivity index (χ1v) is 11.9. The van der Waals surface area contributed by atoms with Crippen molar-refractivity contribution in [3.8, 4) is 5.75 Å². The van der Waals surface area contributed by atoms with E-state index in [-0.39, 0.29) is 30.0 Å². The van der Waals surface area contributed by atoms with Crippen LogP contribution in [0.2, 0.25) is 0 Å². The fourth-order valence-corrected chi connectivity index (χ4v) is 4.80. The van der Waals surface area contributed by atoms with Gasteiger partial charge in [-0.1, -0.05) is 44.4 Å². The van der Waals surface area contributed by atoms with Crippen molar-refractivity contribution in [1.82, 2.24) is 14.5 Å². The van der Waals surface area contributed by atoms with Gasteiger partial charge >= 0.3 is 5.69 Å². The topological polar surface area (TPSA) is 114 Å². The molecule has 2 aliphatic rings. The van der Waals surface area contributed by atoms with Gasteiger partial charge in [-0.15, -0.1) is 0 Å². The maximum absolute atomic E-state index is 13.7. The predicted octanol–water partition coefficient (Wildman–Crippen LogP) is 2.09. The molecule has 2 heterocycles. The molecule has 1 fully saturated rings. The van der Waals surface area contributed by atoms with Crippen LogP contribution in [0.4, 0.5) is 11.5 Å². The number of unbranched alkanes of at least 4 members (excludes halogenated alkanes) is 1. The summed E-state index contributed by atoms with van der Waals surface area (Å²) in [6.45, 7) is 4.23. The van der Waals surface area contributed by atoms with Crippen molar-refractivity contribution in [2.45, 2.75) is 64.6 Å². The number of nitrogens with zero attached hydrogens (tertiary/aromatic N) is 3. The number of aromatic nitrogens is 2. The number of anilines is 2. The van der Waals surface area contributed by atoms with E-state index in [2.05, 4.69) is 4.98 Å². The van der Waals surface area contributed by atoms with E-state index in [1.54, 1.807) is 4.90 Å². The fourth-order valence-electron chi connectivity index (χ4n) is 4.80. The van der Waals surface area contributed by atoms with E-state index >= 15 is 0 Å². The number of nitrogens with two attached hydrogens (primary N) is 1. The van der Waals surface area contributed by atoms with Crippen molar-refractivity contribution < 1.29 is 9.53 Å². The van der Waals surface area contributed by atoms with Crippen molar-refractivity contribution in [2.75, 3.05) is 30.3 Å². The highest BCUT2D eigenvalue weighted by Gasteiger charge is 2.33. The molecule has 1 aliphatic carbocycles. The van der Waals surface area contributed by atoms with Crippen LogP contribution in [0.25, 0.3) is 0 Å². The summed E-state index contributed by atoms with van der Waals surface area (Å²) in [4.78, 5) is 45.0. The van der Waals surface area contributed by atoms with Crippen LogP contribution in [0.1, 0.15) is 51.0 Å². The number of para-hydroxylation sites is 1. The molecule has 0 spiro atoms. The first-order valence-electron chi connectivity index (χ1n) is 11.9. The highest BCUT2D eigenvalue weighted by Crippen LogP contribution is 2.30. The number of benzene rings is 1. The molecule has 33 heavy (non-hydrogen) atoms. The zero-order valence-electron chi connectivity index (χ0n) is 19.2. The van der Waals surface area contributed by atoms with Gasteiger partial charge in [0.1, 0.15) is 18.2 Å². The molecule has 1 aromatic heterocycles. The third kappa shape index (κ3) is 4.98. The third-order valence-electron chi connectivity index (χ3n) is 6.54. The number of aromatic amines is 1. The van der Waals surface area contributed by atoms with Crippen LogP contribution in [-0.2, 0) is 17.9 Å². The predicted molar refractivity (Wildman–Crippen MR) is 128 cm³/mol. The fraction of sp³-hybridized carbons (Fsp3) is 0.542. The molecule has 0 bridgehead atoms. The second kappa shape index (κ2) is 10.2. The molecule has 1 aromatic carbocycles. The molecule has 4 rings (SSSR count). The lowest BCUT2D eigenvalue weighted by Crippen LogP contribution is -2.49. The Kier molecular flexibility index (Phi) is 7.17. The maximum Gasteiger partial charge on any atom is 0.330 e. The van der Waals surface area contributed by atoms with Gasteiger partial charge in [-0.2, -0.15) is 0 Å². The minimum atomic E-state index is -0.602. The van der Waals surface area contributed by atoms with Crippen LogP contribution in [0.5, 0.6) is 5.75 Å². The van der Waals surface area contributed by atoms with E-state index < -0.39 is 11.2 Å². The van der Waals surface area contributed by atoms with Crippen molar-refractivity contribution >= 4 is 17.4 Å². The van der Waals surface area contributed by atoms with Gasteiger partial charge < -0.3 is 15.4 Å². The number of fused-ring (bicyclic) bond motifs is 1. The average molecular weight is 456 g/mol. The quantitative estimate of drug-likeness (QED) is 0.661. The summed E-state index contributed by atoms with van der Waals surface area (Å²) in [6, 6.07) is 7.72. The van der Waals surface area contributed by atoms with Crippen molar-refractivity contribution in [2.24, 2.45) is 0 Å². The Labute approximate surface area is 193 Å². The summed E-state index contributed by atoms with van der Waals surface area (Å²) in [5.74, 6) is 0.727. The SMILES string of the molecule is CCCCn1c(N)c(N(C(=O)CN2CCOc3ccccc3C2)C2CCCC2)c(=O)[nH]c1=O. The van der Waals surface area contributed by atoms with Crippen molar-refractivity contribution in [1.29, 1.82) is 0 Å². The number of amides is 1. The molecule has 3 N–H and O–H groups in total. The van der Waals surface area contributed by atoms with E-state index in [1.165, 1.54) is 4.57 Å². The molecule has 2 aromatic rings. The van der Waals surface area contributed by atoms with Gasteiger partial charge in [-0.25, -0.2) is 4.79 Å². The standard InChI is InChI=1S/C24H33N5O4/c1-2-3-12-28-22(25)21(23(31)26-24(28)32)29(18-9-5-6-10-18)20(30)16-27-13-14-33-19-11-7-4-8-17(19)15-27/h4,7-8,11,18H,2-3,5-6,9-10,12-16,25H2,1H3,(H,26,31,32). The number of ether oxygens (including phenoxy) is 1. The number of carbonyl (C=O) groups is 1. The minimum absolute atomic E-state index is 0.0713. The highest BCUT2D eigenvalue weighted by atomic mass is 16.5. The van der Waals surface area contributed by atoms with Gasteiger partial charge in [0.25, 0.3) is 5.56 Å². The zero-order chi connectivity index (χ0) is 23.4. The van der Waals surface area contributed by atoms with Gasteiger partial charge in [-0.05, 0) is 25.3 Å². The summed E-state index contributed by atoms with van der Waals surface area (Å²) >= 11 is 0. The first kappa shape index (κ1) is 23.1. The van der Waals surface area contributed by atoms with Gasteiger partial charge in [-0.3, -0.25) is 24.0 Å². The summed E-state index contributed by atoms with van der Waals surface area (Å²) in [5, 5.41) is 0. The molecule has 9 heteroatoms. The first-order chi connectivity index (χ1) is 16.0. The lowest BCUT2D eigenvalue weighted by atomic mass is 10.1. The molecule has 0 radical (unpaired) electrons. The van der Waals surface area contributed by atoms with Crippen LogP contribution >= 0.6 is 0 Å². The largest absolute Gasteiger partial charge is 0.492 e. The monoisotopic (exact) mass is 455 g/mol. The van der Waals surface area contributed by atoms with Gasteiger partial charge in [0.2, 0.25) is 5.91 Å². The van der Waals surface area contributed by atoms with Crippen LogP contribution in [0.15, 0.2) is 33.9 Å². The Morgan fingerprint density at radius 1 is 1.24 bits per heavy atom. The van der Waals surface area contributed by atoms with Crippen LogP contribution in [-0.4, -0.2) is 46.1 Å². The van der Waals surface area contributed by atoms with E-state index in [0.29, 0.717) is 26.2 Å². The van der Waals surface area contributed by atoms with Crippen LogP contribution in [0.3, 0.4) is 0 Å². The Morgan fingerprint density at radius 2 is 2.00 bits per heavy atom. The number of H-pyrrole nitrogens is 1. The highest BCUT2D eigenvalue weighted by molar-refractivity contribution is 5.97. The van der Waals surface area contributed by atoms with Gasteiger partial charge in [0.15, 0.2) is 5.69 Å². The Hall–Kier alpha value is -3.07. The van der Waals surface area contributed by atoms with E-state index in [4.69, 9.17) is 10.5 Å². The lowest BCUT2D eigenvalue weighted by molar-refractivity contribution is -0.120.